The predicted octanol–water partition coefficient (Wildman–Crippen LogP) is 1.69. The molecule has 1 fully saturated rings. The van der Waals surface area contributed by atoms with E-state index in [1.165, 1.54) is 0 Å². The van der Waals surface area contributed by atoms with E-state index in [9.17, 15) is 14.4 Å². The van der Waals surface area contributed by atoms with Crippen molar-refractivity contribution in [1.29, 1.82) is 0 Å². The van der Waals surface area contributed by atoms with Gasteiger partial charge >= 0.3 is 6.03 Å². The van der Waals surface area contributed by atoms with Crippen LogP contribution in [0.3, 0.4) is 0 Å². The Labute approximate surface area is 147 Å². The molecule has 4 amide bonds. The molecule has 136 valence electrons. The summed E-state index contributed by atoms with van der Waals surface area (Å²) in [6.45, 7) is 5.88. The summed E-state index contributed by atoms with van der Waals surface area (Å²) in [5, 5.41) is 5.46. The maximum absolute atomic E-state index is 13.0. The minimum atomic E-state index is -1.15. The monoisotopic (exact) mass is 347 g/mol. The lowest BCUT2D eigenvalue weighted by Gasteiger charge is -2.26. The third-order valence-corrected chi connectivity index (χ3v) is 4.47. The van der Waals surface area contributed by atoms with Crippen LogP contribution in [0.15, 0.2) is 18.2 Å². The van der Waals surface area contributed by atoms with Gasteiger partial charge in [0, 0.05) is 6.54 Å². The smallest absolute Gasteiger partial charge is 0.325 e. The summed E-state index contributed by atoms with van der Waals surface area (Å²) in [7, 11) is 1.58. The standard InChI is InChI=1S/C18H25N3O4/c1-5-9-19-15(22)11-21-16(23)18(6-2,20-17(21)24)13-7-8-14(25-4)12(3)10-13/h7-8,10H,5-6,9,11H2,1-4H3,(H,19,22)(H,20,24). The second-order valence-electron chi connectivity index (χ2n) is 6.11. The van der Waals surface area contributed by atoms with Crippen molar-refractivity contribution < 1.29 is 19.1 Å². The minimum absolute atomic E-state index is 0.276. The number of hydrogen-bond acceptors (Lipinski definition) is 4. The highest BCUT2D eigenvalue weighted by Crippen LogP contribution is 2.34. The van der Waals surface area contributed by atoms with Gasteiger partial charge in [0.05, 0.1) is 7.11 Å². The molecule has 1 unspecified atom stereocenters. The second-order valence-corrected chi connectivity index (χ2v) is 6.11. The van der Waals surface area contributed by atoms with Gasteiger partial charge in [-0.1, -0.05) is 19.9 Å². The molecule has 1 aromatic carbocycles. The van der Waals surface area contributed by atoms with E-state index in [1.54, 1.807) is 19.2 Å². The number of carbonyl (C=O) groups excluding carboxylic acids is 3. The summed E-state index contributed by atoms with van der Waals surface area (Å²) in [6.07, 6.45) is 1.17. The van der Waals surface area contributed by atoms with Crippen molar-refractivity contribution in [3.8, 4) is 5.75 Å². The molecule has 25 heavy (non-hydrogen) atoms. The molecule has 0 saturated carbocycles. The first kappa shape index (κ1) is 18.8. The third-order valence-electron chi connectivity index (χ3n) is 4.47. The van der Waals surface area contributed by atoms with Gasteiger partial charge in [0.2, 0.25) is 5.91 Å². The van der Waals surface area contributed by atoms with E-state index in [-0.39, 0.29) is 12.5 Å². The SMILES string of the molecule is CCCNC(=O)CN1C(=O)NC(CC)(c2ccc(OC)c(C)c2)C1=O. The van der Waals surface area contributed by atoms with Crippen molar-refractivity contribution in [2.75, 3.05) is 20.2 Å². The molecular formula is C18H25N3O4. The maximum Gasteiger partial charge on any atom is 0.325 e. The number of carbonyl (C=O) groups is 3. The Bertz CT molecular complexity index is 689. The Morgan fingerprint density at radius 2 is 2.04 bits per heavy atom. The number of rotatable bonds is 7. The molecule has 1 aliphatic heterocycles. The number of ether oxygens (including phenoxy) is 1. The van der Waals surface area contributed by atoms with Crippen molar-refractivity contribution in [1.82, 2.24) is 15.5 Å². The number of urea groups is 1. The molecule has 2 rings (SSSR count). The fraction of sp³-hybridized carbons (Fsp3) is 0.500. The summed E-state index contributed by atoms with van der Waals surface area (Å²) in [6, 6.07) is 4.83. The number of imide groups is 1. The van der Waals surface area contributed by atoms with E-state index in [1.807, 2.05) is 26.8 Å². The van der Waals surface area contributed by atoms with Crippen molar-refractivity contribution in [3.63, 3.8) is 0 Å². The Balaban J connectivity index is 2.30. The number of benzene rings is 1. The summed E-state index contributed by atoms with van der Waals surface area (Å²) >= 11 is 0. The summed E-state index contributed by atoms with van der Waals surface area (Å²) in [5.74, 6) is -0.0399. The second kappa shape index (κ2) is 7.55. The molecule has 0 aromatic heterocycles. The van der Waals surface area contributed by atoms with Crippen LogP contribution in [-0.2, 0) is 15.1 Å². The van der Waals surface area contributed by atoms with Gasteiger partial charge in [0.25, 0.3) is 5.91 Å². The zero-order valence-corrected chi connectivity index (χ0v) is 15.1. The number of aryl methyl sites for hydroxylation is 1. The van der Waals surface area contributed by atoms with Crippen LogP contribution in [0.4, 0.5) is 4.79 Å². The van der Waals surface area contributed by atoms with Crippen molar-refractivity contribution in [2.45, 2.75) is 39.2 Å². The molecule has 7 heteroatoms. The van der Waals surface area contributed by atoms with Gasteiger partial charge in [-0.3, -0.25) is 14.5 Å². The van der Waals surface area contributed by atoms with Crippen molar-refractivity contribution >= 4 is 17.8 Å². The van der Waals surface area contributed by atoms with Crippen LogP contribution in [0.1, 0.15) is 37.8 Å². The lowest BCUT2D eigenvalue weighted by molar-refractivity contribution is -0.135. The lowest BCUT2D eigenvalue weighted by Crippen LogP contribution is -2.45. The Kier molecular flexibility index (Phi) is 5.66. The number of amides is 4. The van der Waals surface area contributed by atoms with Gasteiger partial charge < -0.3 is 15.4 Å². The van der Waals surface area contributed by atoms with Gasteiger partial charge in [-0.25, -0.2) is 4.79 Å². The number of nitrogens with one attached hydrogen (secondary N) is 2. The molecule has 1 aliphatic rings. The maximum atomic E-state index is 13.0. The first-order valence-corrected chi connectivity index (χ1v) is 8.45. The van der Waals surface area contributed by atoms with Crippen molar-refractivity contribution in [2.24, 2.45) is 0 Å². The van der Waals surface area contributed by atoms with E-state index < -0.39 is 17.5 Å². The van der Waals surface area contributed by atoms with E-state index >= 15 is 0 Å². The normalized spacial score (nSPS) is 19.8. The fourth-order valence-electron chi connectivity index (χ4n) is 3.02. The average molecular weight is 347 g/mol. The van der Waals surface area contributed by atoms with Gasteiger partial charge in [0.15, 0.2) is 0 Å². The number of methoxy groups -OCH3 is 1. The molecule has 1 atom stereocenters. The Hall–Kier alpha value is -2.57. The summed E-state index contributed by atoms with van der Waals surface area (Å²) in [4.78, 5) is 38.2. The topological polar surface area (TPSA) is 87.7 Å². The van der Waals surface area contributed by atoms with Crippen molar-refractivity contribution in [3.05, 3.63) is 29.3 Å². The first-order chi connectivity index (χ1) is 11.9. The van der Waals surface area contributed by atoms with Crippen LogP contribution in [0.2, 0.25) is 0 Å². The fourth-order valence-corrected chi connectivity index (χ4v) is 3.02. The van der Waals surface area contributed by atoms with Crippen LogP contribution in [0.25, 0.3) is 0 Å². The highest BCUT2D eigenvalue weighted by atomic mass is 16.5. The highest BCUT2D eigenvalue weighted by molar-refractivity contribution is 6.09. The van der Waals surface area contributed by atoms with Gasteiger partial charge in [-0.05, 0) is 43.0 Å². The molecule has 1 saturated heterocycles. The van der Waals surface area contributed by atoms with Crippen LogP contribution < -0.4 is 15.4 Å². The van der Waals surface area contributed by atoms with Gasteiger partial charge in [-0.2, -0.15) is 0 Å². The van der Waals surface area contributed by atoms with Crippen LogP contribution in [0.5, 0.6) is 5.75 Å². The van der Waals surface area contributed by atoms with Crippen LogP contribution in [-0.4, -0.2) is 42.9 Å². The molecule has 7 nitrogen and oxygen atoms in total. The predicted molar refractivity (Wildman–Crippen MR) is 93.2 cm³/mol. The van der Waals surface area contributed by atoms with Crippen LogP contribution >= 0.6 is 0 Å². The molecule has 0 aliphatic carbocycles. The summed E-state index contributed by atoms with van der Waals surface area (Å²) < 4.78 is 5.25. The molecule has 1 aromatic rings. The van der Waals surface area contributed by atoms with Gasteiger partial charge in [-0.15, -0.1) is 0 Å². The largest absolute Gasteiger partial charge is 0.496 e. The van der Waals surface area contributed by atoms with Crippen LogP contribution in [0, 0.1) is 6.92 Å². The van der Waals surface area contributed by atoms with Gasteiger partial charge in [0.1, 0.15) is 17.8 Å². The quantitative estimate of drug-likeness (QED) is 0.735. The molecule has 0 bridgehead atoms. The average Bonchev–Trinajstić information content (AvgIpc) is 2.85. The number of hydrogen-bond donors (Lipinski definition) is 2. The van der Waals surface area contributed by atoms with E-state index in [4.69, 9.17) is 4.74 Å². The molecule has 0 radical (unpaired) electrons. The molecule has 0 spiro atoms. The molecular weight excluding hydrogens is 322 g/mol. The van der Waals surface area contributed by atoms with E-state index in [0.717, 1.165) is 16.9 Å². The third kappa shape index (κ3) is 3.45. The first-order valence-electron chi connectivity index (χ1n) is 8.45. The van der Waals surface area contributed by atoms with E-state index in [2.05, 4.69) is 10.6 Å². The minimum Gasteiger partial charge on any atom is -0.496 e. The Morgan fingerprint density at radius 3 is 2.60 bits per heavy atom. The summed E-state index contributed by atoms with van der Waals surface area (Å²) in [5.41, 5.74) is 0.399. The molecule has 2 N–H and O–H groups in total. The highest BCUT2D eigenvalue weighted by Gasteiger charge is 2.51. The lowest BCUT2D eigenvalue weighted by atomic mass is 9.86. The molecule has 1 heterocycles. The zero-order chi connectivity index (χ0) is 18.6. The number of nitrogens with zero attached hydrogens (tertiary/aromatic N) is 1. The van der Waals surface area contributed by atoms with E-state index in [0.29, 0.717) is 24.3 Å². The Morgan fingerprint density at radius 1 is 1.32 bits per heavy atom. The zero-order valence-electron chi connectivity index (χ0n) is 15.1.